The molecule has 1 aromatic heterocycles. The lowest BCUT2D eigenvalue weighted by Crippen LogP contribution is -2.29. The van der Waals surface area contributed by atoms with Crippen LogP contribution in [0.1, 0.15) is 23.3 Å². The molecule has 1 amide bonds. The Bertz CT molecular complexity index is 454. The second kappa shape index (κ2) is 5.95. The number of anilines is 1. The van der Waals surface area contributed by atoms with Crippen LogP contribution in [0.2, 0.25) is 0 Å². The van der Waals surface area contributed by atoms with Gasteiger partial charge < -0.3 is 10.6 Å². The summed E-state index contributed by atoms with van der Waals surface area (Å²) in [7, 11) is 0.935. The van der Waals surface area contributed by atoms with Crippen molar-refractivity contribution in [2.75, 3.05) is 23.9 Å². The van der Waals surface area contributed by atoms with E-state index in [0.29, 0.717) is 11.7 Å². The molecule has 0 bridgehead atoms. The lowest BCUT2D eigenvalue weighted by Gasteiger charge is -2.23. The van der Waals surface area contributed by atoms with Crippen LogP contribution in [-0.4, -0.2) is 39.7 Å². The molecule has 1 aromatic rings. The number of aromatic nitrogens is 1. The van der Waals surface area contributed by atoms with E-state index in [2.05, 4.69) is 15.6 Å². The fraction of sp³-hybridized carbons (Fsp3) is 0.500. The van der Waals surface area contributed by atoms with Crippen molar-refractivity contribution >= 4 is 22.4 Å². The van der Waals surface area contributed by atoms with E-state index in [9.17, 15) is 9.00 Å². The number of carbonyl (C=O) groups is 1. The number of nitrogens with one attached hydrogen (secondary N) is 2. The summed E-state index contributed by atoms with van der Waals surface area (Å²) in [6.45, 7) is 0. The Morgan fingerprint density at radius 3 is 2.83 bits per heavy atom. The van der Waals surface area contributed by atoms with E-state index < -0.39 is 10.8 Å². The lowest BCUT2D eigenvalue weighted by atomic mass is 10.1. The van der Waals surface area contributed by atoms with Crippen LogP contribution in [0.4, 0.5) is 5.69 Å². The van der Waals surface area contributed by atoms with E-state index in [1.54, 1.807) is 19.3 Å². The molecule has 1 saturated heterocycles. The van der Waals surface area contributed by atoms with Gasteiger partial charge in [-0.25, -0.2) is 0 Å². The molecular weight excluding hydrogens is 250 g/mol. The summed E-state index contributed by atoms with van der Waals surface area (Å²) in [5.41, 5.74) is 1.29. The average molecular weight is 267 g/mol. The molecule has 1 aliphatic heterocycles. The first-order valence-electron chi connectivity index (χ1n) is 5.98. The maximum atomic E-state index is 11.5. The predicted molar refractivity (Wildman–Crippen MR) is 72.1 cm³/mol. The summed E-state index contributed by atoms with van der Waals surface area (Å²) < 4.78 is 11.3. The number of amides is 1. The quantitative estimate of drug-likeness (QED) is 0.848. The molecule has 2 N–H and O–H groups in total. The molecule has 6 heteroatoms. The highest BCUT2D eigenvalue weighted by Crippen LogP contribution is 2.16. The maximum Gasteiger partial charge on any atom is 0.269 e. The number of rotatable bonds is 3. The highest BCUT2D eigenvalue weighted by Gasteiger charge is 2.17. The zero-order valence-electron chi connectivity index (χ0n) is 10.3. The van der Waals surface area contributed by atoms with Gasteiger partial charge in [0.1, 0.15) is 5.69 Å². The molecule has 5 nitrogen and oxygen atoms in total. The van der Waals surface area contributed by atoms with Crippen LogP contribution in [0.3, 0.4) is 0 Å². The van der Waals surface area contributed by atoms with Gasteiger partial charge in [0, 0.05) is 47.3 Å². The number of hydrogen-bond acceptors (Lipinski definition) is 4. The van der Waals surface area contributed by atoms with E-state index in [4.69, 9.17) is 0 Å². The Morgan fingerprint density at radius 1 is 1.44 bits per heavy atom. The smallest absolute Gasteiger partial charge is 0.269 e. The summed E-state index contributed by atoms with van der Waals surface area (Å²) in [5.74, 6) is 1.32. The summed E-state index contributed by atoms with van der Waals surface area (Å²) in [6.07, 6.45) is 3.43. The van der Waals surface area contributed by atoms with Gasteiger partial charge >= 0.3 is 0 Å². The molecular formula is C12H17N3O2S. The van der Waals surface area contributed by atoms with E-state index in [0.717, 1.165) is 30.0 Å². The Morgan fingerprint density at radius 2 is 2.17 bits per heavy atom. The third-order valence-corrected chi connectivity index (χ3v) is 4.36. The zero-order chi connectivity index (χ0) is 13.0. The highest BCUT2D eigenvalue weighted by atomic mass is 32.2. The molecule has 0 aromatic carbocycles. The molecule has 1 aliphatic rings. The van der Waals surface area contributed by atoms with Gasteiger partial charge in [0.15, 0.2) is 0 Å². The fourth-order valence-electron chi connectivity index (χ4n) is 1.95. The van der Waals surface area contributed by atoms with Gasteiger partial charge in [-0.15, -0.1) is 0 Å². The third-order valence-electron chi connectivity index (χ3n) is 2.98. The highest BCUT2D eigenvalue weighted by molar-refractivity contribution is 7.85. The average Bonchev–Trinajstić information content (AvgIpc) is 2.41. The minimum absolute atomic E-state index is 0.191. The van der Waals surface area contributed by atoms with Crippen LogP contribution in [0.15, 0.2) is 18.3 Å². The van der Waals surface area contributed by atoms with Crippen LogP contribution < -0.4 is 10.6 Å². The van der Waals surface area contributed by atoms with Crippen molar-refractivity contribution in [1.82, 2.24) is 10.3 Å². The van der Waals surface area contributed by atoms with Crippen molar-refractivity contribution in [3.05, 3.63) is 24.0 Å². The van der Waals surface area contributed by atoms with Crippen LogP contribution in [-0.2, 0) is 10.8 Å². The summed E-state index contributed by atoms with van der Waals surface area (Å²) in [5, 5.41) is 5.91. The second-order valence-electron chi connectivity index (χ2n) is 4.28. The van der Waals surface area contributed by atoms with Gasteiger partial charge in [0.2, 0.25) is 0 Å². The van der Waals surface area contributed by atoms with Gasteiger partial charge in [-0.3, -0.25) is 14.0 Å². The van der Waals surface area contributed by atoms with Gasteiger partial charge in [-0.1, -0.05) is 0 Å². The van der Waals surface area contributed by atoms with E-state index in [-0.39, 0.29) is 5.91 Å². The Labute approximate surface area is 109 Å². The fourth-order valence-corrected chi connectivity index (χ4v) is 3.25. The number of carbonyl (C=O) groups excluding carboxylic acids is 1. The van der Waals surface area contributed by atoms with Crippen molar-refractivity contribution < 1.29 is 9.00 Å². The SMILES string of the molecule is CNC(=O)c1cc(NC2CCS(=O)CC2)ccn1. The Hall–Kier alpha value is -1.43. The van der Waals surface area contributed by atoms with Gasteiger partial charge in [-0.2, -0.15) is 0 Å². The number of pyridine rings is 1. The number of hydrogen-bond donors (Lipinski definition) is 2. The minimum atomic E-state index is -0.649. The minimum Gasteiger partial charge on any atom is -0.382 e. The van der Waals surface area contributed by atoms with Crippen LogP contribution in [0.25, 0.3) is 0 Å². The first kappa shape index (κ1) is 13.0. The molecule has 0 atom stereocenters. The predicted octanol–water partition coefficient (Wildman–Crippen LogP) is 0.764. The summed E-state index contributed by atoms with van der Waals surface area (Å²) in [6, 6.07) is 3.92. The monoisotopic (exact) mass is 267 g/mol. The van der Waals surface area contributed by atoms with Crippen LogP contribution in [0.5, 0.6) is 0 Å². The molecule has 98 valence electrons. The van der Waals surface area contributed by atoms with Crippen molar-refractivity contribution in [2.24, 2.45) is 0 Å². The van der Waals surface area contributed by atoms with E-state index >= 15 is 0 Å². The van der Waals surface area contributed by atoms with Crippen LogP contribution >= 0.6 is 0 Å². The van der Waals surface area contributed by atoms with Crippen molar-refractivity contribution in [2.45, 2.75) is 18.9 Å². The van der Waals surface area contributed by atoms with Crippen molar-refractivity contribution in [3.63, 3.8) is 0 Å². The topological polar surface area (TPSA) is 71.1 Å². The van der Waals surface area contributed by atoms with Gasteiger partial charge in [-0.05, 0) is 25.0 Å². The largest absolute Gasteiger partial charge is 0.382 e. The summed E-state index contributed by atoms with van der Waals surface area (Å²) >= 11 is 0. The van der Waals surface area contributed by atoms with Gasteiger partial charge in [0.05, 0.1) is 0 Å². The zero-order valence-corrected chi connectivity index (χ0v) is 11.1. The molecule has 2 heterocycles. The van der Waals surface area contributed by atoms with Crippen LogP contribution in [0, 0.1) is 0 Å². The first-order valence-corrected chi connectivity index (χ1v) is 7.47. The number of nitrogens with zero attached hydrogens (tertiary/aromatic N) is 1. The molecule has 1 fully saturated rings. The molecule has 0 spiro atoms. The molecule has 0 saturated carbocycles. The van der Waals surface area contributed by atoms with E-state index in [1.165, 1.54) is 0 Å². The maximum absolute atomic E-state index is 11.5. The first-order chi connectivity index (χ1) is 8.69. The van der Waals surface area contributed by atoms with Crippen molar-refractivity contribution in [1.29, 1.82) is 0 Å². The molecule has 0 radical (unpaired) electrons. The molecule has 0 aliphatic carbocycles. The molecule has 18 heavy (non-hydrogen) atoms. The van der Waals surface area contributed by atoms with Gasteiger partial charge in [0.25, 0.3) is 5.91 Å². The second-order valence-corrected chi connectivity index (χ2v) is 5.97. The Balaban J connectivity index is 2.01. The third kappa shape index (κ3) is 3.29. The summed E-state index contributed by atoms with van der Waals surface area (Å²) in [4.78, 5) is 15.5. The van der Waals surface area contributed by atoms with E-state index in [1.807, 2.05) is 6.07 Å². The Kier molecular flexibility index (Phi) is 4.30. The standard InChI is InChI=1S/C12H17N3O2S/c1-13-12(16)11-8-10(2-5-14-11)15-9-3-6-18(17)7-4-9/h2,5,8-9H,3-4,6-7H2,1H3,(H,13,16)(H,14,15). The van der Waals surface area contributed by atoms with Crippen molar-refractivity contribution in [3.8, 4) is 0 Å². The lowest BCUT2D eigenvalue weighted by molar-refractivity contribution is 0.0958. The molecule has 0 unspecified atom stereocenters. The normalized spacial score (nSPS) is 23.4. The molecule has 2 rings (SSSR count).